The van der Waals surface area contributed by atoms with Crippen LogP contribution >= 0.6 is 0 Å². The number of likely N-dealkylation sites (N-methyl/N-ethyl adjacent to an activating group) is 1. The molecule has 1 atom stereocenters. The van der Waals surface area contributed by atoms with Crippen LogP contribution in [0.3, 0.4) is 0 Å². The molecular weight excluding hydrogens is 474 g/mol. The van der Waals surface area contributed by atoms with Gasteiger partial charge in [0.05, 0.1) is 25.9 Å². The number of carbonyl (C=O) groups is 3. The lowest BCUT2D eigenvalue weighted by molar-refractivity contribution is -0.138. The zero-order valence-electron chi connectivity index (χ0n) is 22.1. The van der Waals surface area contributed by atoms with E-state index in [-0.39, 0.29) is 44.0 Å². The van der Waals surface area contributed by atoms with E-state index in [1.807, 2.05) is 44.2 Å². The van der Waals surface area contributed by atoms with Crippen LogP contribution in [-0.4, -0.2) is 98.6 Å². The summed E-state index contributed by atoms with van der Waals surface area (Å²) in [7, 11) is 3.01. The SMILES string of the molecule is CCN(CC)C(=O)COC1CN(CCc2ccccc2)C(=O)CN(C(=O)c2cc(OC)ccc2OC)C1. The molecule has 9 heteroatoms. The first-order valence-electron chi connectivity index (χ1n) is 12.6. The van der Waals surface area contributed by atoms with Crippen LogP contribution in [0, 0.1) is 0 Å². The molecule has 1 unspecified atom stereocenters. The Morgan fingerprint density at radius 3 is 2.38 bits per heavy atom. The van der Waals surface area contributed by atoms with Crippen molar-refractivity contribution in [3.63, 3.8) is 0 Å². The average molecular weight is 512 g/mol. The van der Waals surface area contributed by atoms with Crippen molar-refractivity contribution in [1.82, 2.24) is 14.7 Å². The van der Waals surface area contributed by atoms with Gasteiger partial charge < -0.3 is 28.9 Å². The van der Waals surface area contributed by atoms with Crippen molar-refractivity contribution in [1.29, 1.82) is 0 Å². The lowest BCUT2D eigenvalue weighted by Gasteiger charge is -2.26. The topological polar surface area (TPSA) is 88.6 Å². The number of rotatable bonds is 11. The monoisotopic (exact) mass is 511 g/mol. The molecule has 0 aliphatic carbocycles. The van der Waals surface area contributed by atoms with E-state index in [0.29, 0.717) is 43.1 Å². The van der Waals surface area contributed by atoms with E-state index in [9.17, 15) is 14.4 Å². The van der Waals surface area contributed by atoms with E-state index in [0.717, 1.165) is 5.56 Å². The van der Waals surface area contributed by atoms with Gasteiger partial charge in [0, 0.05) is 32.7 Å². The second-order valence-electron chi connectivity index (χ2n) is 8.83. The number of ether oxygens (including phenoxy) is 3. The molecular formula is C28H37N3O6. The van der Waals surface area contributed by atoms with Gasteiger partial charge in [0.15, 0.2) is 0 Å². The van der Waals surface area contributed by atoms with Crippen molar-refractivity contribution in [3.8, 4) is 11.5 Å². The van der Waals surface area contributed by atoms with Crippen molar-refractivity contribution in [2.45, 2.75) is 26.4 Å². The molecule has 1 heterocycles. The highest BCUT2D eigenvalue weighted by Crippen LogP contribution is 2.26. The molecule has 2 aromatic rings. The fraction of sp³-hybridized carbons (Fsp3) is 0.464. The third kappa shape index (κ3) is 7.45. The van der Waals surface area contributed by atoms with Crippen LogP contribution in [0.4, 0.5) is 0 Å². The molecule has 1 aliphatic rings. The predicted octanol–water partition coefficient (Wildman–Crippen LogP) is 2.48. The Hall–Kier alpha value is -3.59. The Morgan fingerprint density at radius 1 is 1.00 bits per heavy atom. The molecule has 1 aliphatic heterocycles. The molecule has 0 aromatic heterocycles. The highest BCUT2D eigenvalue weighted by atomic mass is 16.5. The van der Waals surface area contributed by atoms with Gasteiger partial charge in [0.25, 0.3) is 5.91 Å². The summed E-state index contributed by atoms with van der Waals surface area (Å²) in [5.41, 5.74) is 1.41. The molecule has 0 bridgehead atoms. The second kappa shape index (κ2) is 13.6. The largest absolute Gasteiger partial charge is 0.497 e. The normalized spacial score (nSPS) is 15.8. The maximum absolute atomic E-state index is 13.6. The number of carbonyl (C=O) groups excluding carboxylic acids is 3. The number of amides is 3. The van der Waals surface area contributed by atoms with Crippen molar-refractivity contribution < 1.29 is 28.6 Å². The van der Waals surface area contributed by atoms with Crippen LogP contribution in [0.5, 0.6) is 11.5 Å². The molecule has 200 valence electrons. The second-order valence-corrected chi connectivity index (χ2v) is 8.83. The summed E-state index contributed by atoms with van der Waals surface area (Å²) in [6.45, 7) is 5.73. The van der Waals surface area contributed by atoms with E-state index in [2.05, 4.69) is 0 Å². The standard InChI is InChI=1S/C28H37N3O6/c1-5-29(6-2)27(33)20-37-23-17-30(15-14-21-10-8-7-9-11-21)26(32)19-31(18-23)28(34)24-16-22(35-3)12-13-25(24)36-4/h7-13,16,23H,5-6,14-15,17-20H2,1-4H3. The Balaban J connectivity index is 1.82. The third-order valence-corrected chi connectivity index (χ3v) is 6.52. The van der Waals surface area contributed by atoms with Crippen molar-refractivity contribution in [3.05, 3.63) is 59.7 Å². The summed E-state index contributed by atoms with van der Waals surface area (Å²) in [6.07, 6.45) is 0.150. The Morgan fingerprint density at radius 2 is 1.73 bits per heavy atom. The first kappa shape index (κ1) is 28.0. The van der Waals surface area contributed by atoms with Gasteiger partial charge in [0.2, 0.25) is 11.8 Å². The summed E-state index contributed by atoms with van der Waals surface area (Å²) < 4.78 is 16.7. The molecule has 0 N–H and O–H groups in total. The van der Waals surface area contributed by atoms with Crippen LogP contribution in [-0.2, 0) is 20.7 Å². The minimum atomic E-state index is -0.526. The average Bonchev–Trinajstić information content (AvgIpc) is 3.09. The summed E-state index contributed by atoms with van der Waals surface area (Å²) >= 11 is 0. The quantitative estimate of drug-likeness (QED) is 0.461. The molecule has 3 amide bonds. The number of hydrogen-bond donors (Lipinski definition) is 0. The van der Waals surface area contributed by atoms with Gasteiger partial charge in [-0.15, -0.1) is 0 Å². The minimum absolute atomic E-state index is 0.0994. The number of hydrogen-bond acceptors (Lipinski definition) is 6. The van der Waals surface area contributed by atoms with Gasteiger partial charge in [-0.3, -0.25) is 14.4 Å². The van der Waals surface area contributed by atoms with E-state index < -0.39 is 6.10 Å². The number of benzene rings is 2. The maximum atomic E-state index is 13.6. The van der Waals surface area contributed by atoms with Gasteiger partial charge >= 0.3 is 0 Å². The molecule has 9 nitrogen and oxygen atoms in total. The van der Waals surface area contributed by atoms with Crippen LogP contribution in [0.25, 0.3) is 0 Å². The number of methoxy groups -OCH3 is 2. The molecule has 1 saturated heterocycles. The first-order chi connectivity index (χ1) is 17.9. The lowest BCUT2D eigenvalue weighted by Crippen LogP contribution is -2.41. The summed E-state index contributed by atoms with van der Waals surface area (Å²) in [4.78, 5) is 44.4. The Kier molecular flexibility index (Phi) is 10.3. The van der Waals surface area contributed by atoms with Gasteiger partial charge in [0.1, 0.15) is 24.7 Å². The Labute approximate surface area is 218 Å². The molecule has 0 saturated carbocycles. The number of nitrogens with zero attached hydrogens (tertiary/aromatic N) is 3. The maximum Gasteiger partial charge on any atom is 0.258 e. The Bertz CT molecular complexity index is 1060. The van der Waals surface area contributed by atoms with Crippen molar-refractivity contribution in [2.24, 2.45) is 0 Å². The molecule has 0 spiro atoms. The fourth-order valence-corrected chi connectivity index (χ4v) is 4.37. The van der Waals surface area contributed by atoms with Crippen LogP contribution in [0.1, 0.15) is 29.8 Å². The van der Waals surface area contributed by atoms with Gasteiger partial charge in [-0.05, 0) is 44.0 Å². The van der Waals surface area contributed by atoms with E-state index in [1.54, 1.807) is 28.0 Å². The van der Waals surface area contributed by atoms with Gasteiger partial charge in [-0.25, -0.2) is 0 Å². The molecule has 3 rings (SSSR count). The van der Waals surface area contributed by atoms with E-state index in [1.165, 1.54) is 19.1 Å². The van der Waals surface area contributed by atoms with Crippen LogP contribution in [0.15, 0.2) is 48.5 Å². The molecule has 37 heavy (non-hydrogen) atoms. The minimum Gasteiger partial charge on any atom is -0.497 e. The zero-order valence-corrected chi connectivity index (χ0v) is 22.1. The highest BCUT2D eigenvalue weighted by molar-refractivity contribution is 5.99. The van der Waals surface area contributed by atoms with E-state index in [4.69, 9.17) is 14.2 Å². The predicted molar refractivity (Wildman–Crippen MR) is 140 cm³/mol. The fourth-order valence-electron chi connectivity index (χ4n) is 4.37. The van der Waals surface area contributed by atoms with Crippen LogP contribution < -0.4 is 9.47 Å². The summed E-state index contributed by atoms with van der Waals surface area (Å²) in [5.74, 6) is 0.235. The third-order valence-electron chi connectivity index (χ3n) is 6.52. The zero-order chi connectivity index (χ0) is 26.8. The summed E-state index contributed by atoms with van der Waals surface area (Å²) in [6, 6.07) is 14.9. The van der Waals surface area contributed by atoms with Crippen molar-refractivity contribution >= 4 is 17.7 Å². The first-order valence-corrected chi connectivity index (χ1v) is 12.6. The van der Waals surface area contributed by atoms with Crippen molar-refractivity contribution in [2.75, 3.05) is 60.1 Å². The van der Waals surface area contributed by atoms with Gasteiger partial charge in [-0.1, -0.05) is 30.3 Å². The van der Waals surface area contributed by atoms with Gasteiger partial charge in [-0.2, -0.15) is 0 Å². The molecule has 2 aromatic carbocycles. The summed E-state index contributed by atoms with van der Waals surface area (Å²) in [5, 5.41) is 0. The smallest absolute Gasteiger partial charge is 0.258 e. The lowest BCUT2D eigenvalue weighted by atomic mass is 10.1. The molecule has 0 radical (unpaired) electrons. The van der Waals surface area contributed by atoms with Crippen LogP contribution in [0.2, 0.25) is 0 Å². The van der Waals surface area contributed by atoms with E-state index >= 15 is 0 Å². The highest BCUT2D eigenvalue weighted by Gasteiger charge is 2.33. The molecule has 1 fully saturated rings.